The second-order valence-corrected chi connectivity index (χ2v) is 6.75. The molecule has 1 aliphatic heterocycles. The first kappa shape index (κ1) is 18.8. The van der Waals surface area contributed by atoms with Crippen molar-refractivity contribution in [2.24, 2.45) is 11.8 Å². The van der Waals surface area contributed by atoms with E-state index in [1.807, 2.05) is 6.07 Å². The molecular weight excluding hydrogens is 370 g/mol. The Bertz CT molecular complexity index is 893. The Labute approximate surface area is 160 Å². The molecule has 1 aromatic rings. The van der Waals surface area contributed by atoms with E-state index in [1.54, 1.807) is 18.2 Å². The van der Waals surface area contributed by atoms with Crippen LogP contribution in [0.15, 0.2) is 18.2 Å². The van der Waals surface area contributed by atoms with Crippen molar-refractivity contribution in [3.63, 3.8) is 0 Å². The Kier molecular flexibility index (Phi) is 4.85. The van der Waals surface area contributed by atoms with Gasteiger partial charge in [-0.15, -0.1) is 0 Å². The highest BCUT2D eigenvalue weighted by Crippen LogP contribution is 2.40. The molecule has 0 saturated carbocycles. The van der Waals surface area contributed by atoms with E-state index < -0.39 is 29.3 Å². The molecule has 8 nitrogen and oxygen atoms in total. The smallest absolute Gasteiger partial charge is 0.334 e. The predicted octanol–water partition coefficient (Wildman–Crippen LogP) is 0.496. The minimum Gasteiger partial charge on any atom is -0.497 e. The first-order chi connectivity index (χ1) is 12.9. The summed E-state index contributed by atoms with van der Waals surface area (Å²) in [5, 5.41) is 14.5. The van der Waals surface area contributed by atoms with E-state index in [-0.39, 0.29) is 17.3 Å². The molecule has 1 saturated heterocycles. The summed E-state index contributed by atoms with van der Waals surface area (Å²) in [5.41, 5.74) is -0.671. The average molecular weight is 387 g/mol. The topological polar surface area (TPSA) is 118 Å². The maximum atomic E-state index is 13.2. The van der Waals surface area contributed by atoms with Crippen LogP contribution in [-0.4, -0.2) is 42.5 Å². The van der Waals surface area contributed by atoms with Crippen LogP contribution in [-0.2, 0) is 20.7 Å². The SMILES string of the molecule is COC(=O)[C@]1([C@@H]2CCc3cc(OC)ccc3C2=O)NC(=S)NC(=O)[C@H]1C#N. The summed E-state index contributed by atoms with van der Waals surface area (Å²) in [4.78, 5) is 38.4. The van der Waals surface area contributed by atoms with Gasteiger partial charge in [0.05, 0.1) is 26.2 Å². The third-order valence-corrected chi connectivity index (χ3v) is 5.28. The fourth-order valence-electron chi connectivity index (χ4n) is 3.81. The van der Waals surface area contributed by atoms with Crippen LogP contribution in [0, 0.1) is 23.2 Å². The number of nitrogens with one attached hydrogen (secondary N) is 2. The largest absolute Gasteiger partial charge is 0.497 e. The van der Waals surface area contributed by atoms with Crippen molar-refractivity contribution in [3.8, 4) is 11.8 Å². The lowest BCUT2D eigenvalue weighted by atomic mass is 9.65. The van der Waals surface area contributed by atoms with Crippen LogP contribution in [0.2, 0.25) is 0 Å². The van der Waals surface area contributed by atoms with E-state index in [0.29, 0.717) is 17.7 Å². The molecule has 0 unspecified atom stereocenters. The molecule has 1 aliphatic carbocycles. The highest BCUT2D eigenvalue weighted by atomic mass is 32.1. The van der Waals surface area contributed by atoms with Gasteiger partial charge < -0.3 is 20.1 Å². The summed E-state index contributed by atoms with van der Waals surface area (Å²) in [7, 11) is 2.67. The van der Waals surface area contributed by atoms with Crippen LogP contribution in [0.25, 0.3) is 0 Å². The number of hydrogen-bond donors (Lipinski definition) is 2. The van der Waals surface area contributed by atoms with E-state index in [0.717, 1.165) is 12.7 Å². The molecule has 0 spiro atoms. The zero-order chi connectivity index (χ0) is 19.8. The second-order valence-electron chi connectivity index (χ2n) is 6.34. The van der Waals surface area contributed by atoms with Gasteiger partial charge >= 0.3 is 5.97 Å². The number of fused-ring (bicyclic) bond motifs is 1. The fraction of sp³-hybridized carbons (Fsp3) is 0.389. The summed E-state index contributed by atoms with van der Waals surface area (Å²) >= 11 is 5.03. The Balaban J connectivity index is 2.12. The minimum absolute atomic E-state index is 0.120. The number of amides is 1. The molecule has 1 amide bonds. The van der Waals surface area contributed by atoms with E-state index in [2.05, 4.69) is 10.6 Å². The van der Waals surface area contributed by atoms with E-state index in [4.69, 9.17) is 21.7 Å². The Morgan fingerprint density at radius 2 is 2.11 bits per heavy atom. The van der Waals surface area contributed by atoms with Gasteiger partial charge in [0.2, 0.25) is 5.91 Å². The summed E-state index contributed by atoms with van der Waals surface area (Å²) in [6.07, 6.45) is 0.713. The molecule has 27 heavy (non-hydrogen) atoms. The number of nitriles is 1. The van der Waals surface area contributed by atoms with E-state index in [9.17, 15) is 19.6 Å². The van der Waals surface area contributed by atoms with Crippen molar-refractivity contribution < 1.29 is 23.9 Å². The lowest BCUT2D eigenvalue weighted by Gasteiger charge is -2.45. The first-order valence-corrected chi connectivity index (χ1v) is 8.62. The van der Waals surface area contributed by atoms with Crippen molar-refractivity contribution in [2.45, 2.75) is 18.4 Å². The maximum Gasteiger partial charge on any atom is 0.334 e. The minimum atomic E-state index is -1.88. The molecule has 1 aromatic carbocycles. The van der Waals surface area contributed by atoms with Crippen molar-refractivity contribution in [2.75, 3.05) is 14.2 Å². The standard InChI is InChI=1S/C18H17N3O5S/c1-25-10-4-5-11-9(7-10)3-6-12(14(11)22)18(16(24)26-2)13(8-19)15(23)20-17(27)21-18/h4-5,7,12-13H,3,6H2,1-2H3,(H2,20,21,23,27)/t12-,13-,18-/m1/s1. The van der Waals surface area contributed by atoms with Crippen molar-refractivity contribution in [3.05, 3.63) is 29.3 Å². The number of nitrogens with zero attached hydrogens (tertiary/aromatic N) is 1. The van der Waals surface area contributed by atoms with Gasteiger partial charge in [-0.25, -0.2) is 4.79 Å². The van der Waals surface area contributed by atoms with Crippen molar-refractivity contribution in [1.29, 1.82) is 5.26 Å². The summed E-state index contributed by atoms with van der Waals surface area (Å²) in [6, 6.07) is 6.87. The number of ketones is 1. The molecule has 0 aromatic heterocycles. The number of Topliss-reactive ketones (excluding diaryl/α,β-unsaturated/α-hetero) is 1. The highest BCUT2D eigenvalue weighted by molar-refractivity contribution is 7.80. The summed E-state index contributed by atoms with van der Waals surface area (Å²) in [5.74, 6) is -3.80. The van der Waals surface area contributed by atoms with Crippen LogP contribution < -0.4 is 15.4 Å². The molecule has 3 atom stereocenters. The fourth-order valence-corrected chi connectivity index (χ4v) is 4.08. The maximum absolute atomic E-state index is 13.2. The lowest BCUT2D eigenvalue weighted by molar-refractivity contribution is -0.155. The van der Waals surface area contributed by atoms with Gasteiger partial charge in [-0.05, 0) is 48.8 Å². The average Bonchev–Trinajstić information content (AvgIpc) is 2.66. The number of aryl methyl sites for hydroxylation is 1. The Hall–Kier alpha value is -2.99. The van der Waals surface area contributed by atoms with E-state index >= 15 is 0 Å². The molecule has 1 fully saturated rings. The van der Waals surface area contributed by atoms with Gasteiger partial charge in [-0.2, -0.15) is 5.26 Å². The molecular formula is C18H17N3O5S. The third-order valence-electron chi connectivity index (χ3n) is 5.07. The number of carbonyl (C=O) groups is 3. The number of hydrogen-bond acceptors (Lipinski definition) is 7. The van der Waals surface area contributed by atoms with Gasteiger partial charge in [-0.1, -0.05) is 0 Å². The summed E-state index contributed by atoms with van der Waals surface area (Å²) < 4.78 is 10.1. The molecule has 2 aliphatic rings. The quantitative estimate of drug-likeness (QED) is 0.569. The highest BCUT2D eigenvalue weighted by Gasteiger charge is 2.61. The second kappa shape index (κ2) is 6.96. The molecule has 1 heterocycles. The molecule has 3 rings (SSSR count). The van der Waals surface area contributed by atoms with Crippen molar-refractivity contribution >= 4 is 35.0 Å². The number of thiocarbonyl (C=S) groups is 1. The van der Waals surface area contributed by atoms with Gasteiger partial charge in [-0.3, -0.25) is 9.59 Å². The normalized spacial score (nSPS) is 26.9. The van der Waals surface area contributed by atoms with Crippen molar-refractivity contribution in [1.82, 2.24) is 10.6 Å². The lowest BCUT2D eigenvalue weighted by Crippen LogP contribution is -2.74. The van der Waals surface area contributed by atoms with Gasteiger partial charge in [0.1, 0.15) is 5.75 Å². The van der Waals surface area contributed by atoms with Crippen LogP contribution in [0.3, 0.4) is 0 Å². The molecule has 9 heteroatoms. The number of methoxy groups -OCH3 is 2. The monoisotopic (exact) mass is 387 g/mol. The zero-order valence-electron chi connectivity index (χ0n) is 14.7. The number of carbonyl (C=O) groups excluding carboxylic acids is 3. The van der Waals surface area contributed by atoms with Crippen LogP contribution >= 0.6 is 12.2 Å². The molecule has 140 valence electrons. The Morgan fingerprint density at radius 3 is 2.74 bits per heavy atom. The molecule has 2 N–H and O–H groups in total. The number of ether oxygens (including phenoxy) is 2. The third kappa shape index (κ3) is 2.82. The van der Waals surface area contributed by atoms with E-state index in [1.165, 1.54) is 7.11 Å². The first-order valence-electron chi connectivity index (χ1n) is 8.21. The number of esters is 1. The number of rotatable bonds is 3. The van der Waals surface area contributed by atoms with Crippen LogP contribution in [0.4, 0.5) is 0 Å². The summed E-state index contributed by atoms with van der Waals surface area (Å²) in [6.45, 7) is 0. The van der Waals surface area contributed by atoms with Crippen LogP contribution in [0.5, 0.6) is 5.75 Å². The zero-order valence-corrected chi connectivity index (χ0v) is 15.5. The van der Waals surface area contributed by atoms with Gasteiger partial charge in [0, 0.05) is 5.56 Å². The predicted molar refractivity (Wildman–Crippen MR) is 96.9 cm³/mol. The van der Waals surface area contributed by atoms with Gasteiger partial charge in [0.25, 0.3) is 0 Å². The number of benzene rings is 1. The van der Waals surface area contributed by atoms with Gasteiger partial charge in [0.15, 0.2) is 22.4 Å². The molecule has 0 radical (unpaired) electrons. The molecule has 0 bridgehead atoms. The van der Waals surface area contributed by atoms with Crippen LogP contribution in [0.1, 0.15) is 22.3 Å². The Morgan fingerprint density at radius 1 is 1.37 bits per heavy atom.